The smallest absolute Gasteiger partial charge is 0.253 e. The van der Waals surface area contributed by atoms with Gasteiger partial charge < -0.3 is 16.0 Å². The molecular weight excluding hydrogens is 328 g/mol. The predicted molar refractivity (Wildman–Crippen MR) is 102 cm³/mol. The minimum atomic E-state index is -0.00455. The van der Waals surface area contributed by atoms with Crippen molar-refractivity contribution < 1.29 is 4.79 Å². The zero-order chi connectivity index (χ0) is 18.9. The number of likely N-dealkylation sites (tertiary alicyclic amines) is 1. The summed E-state index contributed by atoms with van der Waals surface area (Å²) in [5.41, 5.74) is 7.38. The number of piperidine rings is 1. The van der Waals surface area contributed by atoms with Crippen LogP contribution in [0.25, 0.3) is 0 Å². The number of hydrazone groups is 1. The van der Waals surface area contributed by atoms with Crippen molar-refractivity contribution in [2.75, 3.05) is 13.1 Å². The first-order valence-electron chi connectivity index (χ1n) is 8.68. The van der Waals surface area contributed by atoms with Gasteiger partial charge in [0.05, 0.1) is 5.71 Å². The highest BCUT2D eigenvalue weighted by Crippen LogP contribution is 2.14. The van der Waals surface area contributed by atoms with Crippen molar-refractivity contribution in [3.63, 3.8) is 0 Å². The third-order valence-electron chi connectivity index (χ3n) is 4.14. The molecule has 0 bridgehead atoms. The lowest BCUT2D eigenvalue weighted by Crippen LogP contribution is -2.42. The summed E-state index contributed by atoms with van der Waals surface area (Å²) in [4.78, 5) is 14.3. The van der Waals surface area contributed by atoms with E-state index in [2.05, 4.69) is 5.10 Å². The summed E-state index contributed by atoms with van der Waals surface area (Å²) in [6.07, 6.45) is 8.83. The van der Waals surface area contributed by atoms with E-state index in [1.54, 1.807) is 30.5 Å². The van der Waals surface area contributed by atoms with Gasteiger partial charge in [-0.2, -0.15) is 15.4 Å². The summed E-state index contributed by atoms with van der Waals surface area (Å²) < 4.78 is 0. The van der Waals surface area contributed by atoms with E-state index in [4.69, 9.17) is 16.4 Å². The van der Waals surface area contributed by atoms with Crippen LogP contribution in [0.4, 0.5) is 0 Å². The lowest BCUT2D eigenvalue weighted by molar-refractivity contribution is 0.0715. The number of amides is 1. The quantitative estimate of drug-likeness (QED) is 0.354. The number of nitrogens with two attached hydrogens (primary N) is 1. The van der Waals surface area contributed by atoms with Crippen LogP contribution >= 0.6 is 0 Å². The van der Waals surface area contributed by atoms with Crippen molar-refractivity contribution >= 4 is 17.8 Å². The molecule has 0 unspecified atom stereocenters. The average Bonchev–Trinajstić information content (AvgIpc) is 2.68. The highest BCUT2D eigenvalue weighted by molar-refractivity contribution is 6.07. The van der Waals surface area contributed by atoms with Crippen LogP contribution in [0.15, 0.2) is 41.6 Å². The Morgan fingerprint density at radius 1 is 1.38 bits per heavy atom. The summed E-state index contributed by atoms with van der Waals surface area (Å²) in [6, 6.07) is 7.12. The van der Waals surface area contributed by atoms with Gasteiger partial charge in [-0.15, -0.1) is 0 Å². The van der Waals surface area contributed by atoms with Crippen LogP contribution in [0.5, 0.6) is 0 Å². The van der Waals surface area contributed by atoms with Crippen LogP contribution < -0.4 is 5.73 Å². The number of nitrogens with one attached hydrogen (secondary N) is 1. The van der Waals surface area contributed by atoms with Crippen molar-refractivity contribution in [3.05, 3.63) is 47.7 Å². The van der Waals surface area contributed by atoms with E-state index in [0.717, 1.165) is 24.3 Å². The molecule has 1 fully saturated rings. The summed E-state index contributed by atoms with van der Waals surface area (Å²) in [5, 5.41) is 22.1. The van der Waals surface area contributed by atoms with Gasteiger partial charge in [0.2, 0.25) is 6.19 Å². The largest absolute Gasteiger partial charge is 0.339 e. The van der Waals surface area contributed by atoms with Gasteiger partial charge in [0.25, 0.3) is 5.91 Å². The lowest BCUT2D eigenvalue weighted by atomic mass is 10.0. The van der Waals surface area contributed by atoms with Gasteiger partial charge in [-0.1, -0.05) is 19.1 Å². The molecule has 1 aromatic rings. The summed E-state index contributed by atoms with van der Waals surface area (Å²) in [6.45, 7) is 3.29. The molecule has 0 aliphatic carbocycles. The third kappa shape index (κ3) is 5.26. The molecule has 1 aromatic carbocycles. The zero-order valence-corrected chi connectivity index (χ0v) is 14.9. The third-order valence-corrected chi connectivity index (χ3v) is 4.14. The number of nitrogens with zero attached hydrogens (tertiary/aromatic N) is 4. The van der Waals surface area contributed by atoms with E-state index < -0.39 is 0 Å². The number of benzene rings is 1. The van der Waals surface area contributed by atoms with Gasteiger partial charge in [0, 0.05) is 37.1 Å². The molecule has 0 saturated carbocycles. The zero-order valence-electron chi connectivity index (χ0n) is 14.9. The molecule has 136 valence electrons. The SMILES string of the molecule is CC/C=N\N(C#N)/C=C\C(=N)c1ccc(C(=O)N2CCC(N)CC2)cc1. The molecule has 1 amide bonds. The average molecular weight is 352 g/mol. The van der Waals surface area contributed by atoms with Gasteiger partial charge >= 0.3 is 0 Å². The Labute approximate surface area is 153 Å². The van der Waals surface area contributed by atoms with Gasteiger partial charge in [-0.25, -0.2) is 0 Å². The van der Waals surface area contributed by atoms with E-state index in [0.29, 0.717) is 24.2 Å². The maximum Gasteiger partial charge on any atom is 0.253 e. The standard InChI is InChI=1S/C19H24N6O/c1-2-10-23-25(14-20)13-9-18(22)15-3-5-16(6-4-15)19(26)24-11-7-17(21)8-12-24/h3-6,9-10,13,17,22H,2,7-8,11-12,21H2,1H3/b13-9-,22-18?,23-10-. The fourth-order valence-electron chi connectivity index (χ4n) is 2.59. The van der Waals surface area contributed by atoms with Crippen LogP contribution in [0, 0.1) is 16.9 Å². The van der Waals surface area contributed by atoms with Crippen molar-refractivity contribution in [1.29, 1.82) is 10.7 Å². The molecule has 1 saturated heterocycles. The van der Waals surface area contributed by atoms with E-state index in [1.807, 2.05) is 18.0 Å². The first kappa shape index (κ1) is 19.3. The normalized spacial score (nSPS) is 15.3. The maximum absolute atomic E-state index is 12.5. The minimum Gasteiger partial charge on any atom is -0.339 e. The predicted octanol–water partition coefficient (Wildman–Crippen LogP) is 2.31. The molecule has 0 atom stereocenters. The molecule has 7 heteroatoms. The van der Waals surface area contributed by atoms with Crippen molar-refractivity contribution in [2.45, 2.75) is 32.2 Å². The molecule has 1 heterocycles. The highest BCUT2D eigenvalue weighted by atomic mass is 16.2. The molecule has 0 aromatic heterocycles. The van der Waals surface area contributed by atoms with E-state index in [9.17, 15) is 4.79 Å². The summed E-state index contributed by atoms with van der Waals surface area (Å²) in [7, 11) is 0. The van der Waals surface area contributed by atoms with Crippen molar-refractivity contribution in [3.8, 4) is 6.19 Å². The monoisotopic (exact) mass is 352 g/mol. The second-order valence-electron chi connectivity index (χ2n) is 6.09. The lowest BCUT2D eigenvalue weighted by Gasteiger charge is -2.30. The Morgan fingerprint density at radius 2 is 2.00 bits per heavy atom. The van der Waals surface area contributed by atoms with Gasteiger partial charge in [0.1, 0.15) is 0 Å². The van der Waals surface area contributed by atoms with E-state index in [-0.39, 0.29) is 17.7 Å². The summed E-state index contributed by atoms with van der Waals surface area (Å²) in [5.74, 6) is -0.00455. The first-order valence-corrected chi connectivity index (χ1v) is 8.68. The molecule has 0 radical (unpaired) electrons. The Morgan fingerprint density at radius 3 is 2.58 bits per heavy atom. The topological polar surface area (TPSA) is 110 Å². The molecule has 26 heavy (non-hydrogen) atoms. The fourth-order valence-corrected chi connectivity index (χ4v) is 2.59. The number of carbonyl (C=O) groups is 1. The minimum absolute atomic E-state index is 0.00455. The molecule has 7 nitrogen and oxygen atoms in total. The Kier molecular flexibility index (Phi) is 7.06. The van der Waals surface area contributed by atoms with Gasteiger partial charge in [0.15, 0.2) is 0 Å². The number of carbonyl (C=O) groups excluding carboxylic acids is 1. The molecule has 2 rings (SSSR count). The second-order valence-corrected chi connectivity index (χ2v) is 6.09. The number of hydrogen-bond donors (Lipinski definition) is 2. The maximum atomic E-state index is 12.5. The van der Waals surface area contributed by atoms with Crippen LogP contribution in [0.3, 0.4) is 0 Å². The van der Waals surface area contributed by atoms with Crippen molar-refractivity contribution in [2.24, 2.45) is 10.8 Å². The van der Waals surface area contributed by atoms with E-state index >= 15 is 0 Å². The number of rotatable bonds is 6. The van der Waals surface area contributed by atoms with E-state index in [1.165, 1.54) is 12.3 Å². The Bertz CT molecular complexity index is 723. The van der Waals surface area contributed by atoms with Crippen LogP contribution in [0.1, 0.15) is 42.1 Å². The molecular formula is C19H24N6O. The van der Waals surface area contributed by atoms with Crippen LogP contribution in [-0.2, 0) is 0 Å². The first-order chi connectivity index (χ1) is 12.5. The molecule has 3 N–H and O–H groups in total. The van der Waals surface area contributed by atoms with Gasteiger partial charge in [-0.3, -0.25) is 4.79 Å². The highest BCUT2D eigenvalue weighted by Gasteiger charge is 2.21. The Balaban J connectivity index is 2.00. The summed E-state index contributed by atoms with van der Waals surface area (Å²) >= 11 is 0. The van der Waals surface area contributed by atoms with Crippen molar-refractivity contribution in [1.82, 2.24) is 9.91 Å². The fraction of sp³-hybridized carbons (Fsp3) is 0.368. The van der Waals surface area contributed by atoms with Crippen LogP contribution in [-0.4, -0.2) is 46.9 Å². The van der Waals surface area contributed by atoms with Gasteiger partial charge in [-0.05, 0) is 43.0 Å². The molecule has 1 aliphatic heterocycles. The number of nitriles is 1. The molecule has 1 aliphatic rings. The number of hydrogen-bond acceptors (Lipinski definition) is 6. The van der Waals surface area contributed by atoms with Crippen LogP contribution in [0.2, 0.25) is 0 Å². The molecule has 0 spiro atoms. The number of allylic oxidation sites excluding steroid dienone is 1. The second kappa shape index (κ2) is 9.49. The Hall–Kier alpha value is -2.98.